The van der Waals surface area contributed by atoms with E-state index in [4.69, 9.17) is 5.11 Å². The Balaban J connectivity index is 1.01. The monoisotopic (exact) mass is 873 g/mol. The summed E-state index contributed by atoms with van der Waals surface area (Å²) in [4.78, 5) is 112. The van der Waals surface area contributed by atoms with Crippen molar-refractivity contribution in [2.24, 2.45) is 0 Å². The molecule has 5 atom stereocenters. The summed E-state index contributed by atoms with van der Waals surface area (Å²) >= 11 is 2.20. The number of carboxylic acid groups (broad SMARTS) is 2. The Morgan fingerprint density at radius 2 is 1.77 bits per heavy atom. The number of fused-ring (bicyclic) bond motifs is 1. The number of carbonyl (C=O) groups is 7. The number of hydrogen-bond acceptors (Lipinski definition) is 15. The van der Waals surface area contributed by atoms with Gasteiger partial charge in [0.05, 0.1) is 6.10 Å². The van der Waals surface area contributed by atoms with E-state index in [1.54, 1.807) is 54.6 Å². The van der Waals surface area contributed by atoms with E-state index in [-0.39, 0.29) is 47.1 Å². The van der Waals surface area contributed by atoms with Gasteiger partial charge in [-0.1, -0.05) is 42.1 Å². The van der Waals surface area contributed by atoms with Crippen LogP contribution in [0.2, 0.25) is 0 Å². The predicted molar refractivity (Wildman–Crippen MR) is 213 cm³/mol. The molecule has 7 N–H and O–H groups in total. The summed E-state index contributed by atoms with van der Waals surface area (Å²) in [6.45, 7) is 0.871. The van der Waals surface area contributed by atoms with Gasteiger partial charge in [-0.05, 0) is 45.8 Å². The number of rotatable bonds is 14. The fraction of sp³-hybridized carbons (Fsp3) is 0.297. The molecule has 3 aliphatic heterocycles. The van der Waals surface area contributed by atoms with Crippen molar-refractivity contribution < 1.29 is 48.9 Å². The largest absolute Gasteiger partial charge is 0.480 e. The number of anilines is 1. The number of aromatic amines is 1. The Hall–Kier alpha value is -6.92. The number of tetrazole rings is 1. The lowest BCUT2D eigenvalue weighted by Crippen LogP contribution is -2.71. The molecule has 4 aromatic rings. The molecule has 0 radical (unpaired) electrons. The number of hydrogen-bond donors (Lipinski definition) is 7. The minimum absolute atomic E-state index is 0.0294. The lowest BCUT2D eigenvalue weighted by molar-refractivity contribution is -0.151. The van der Waals surface area contributed by atoms with Crippen molar-refractivity contribution in [1.82, 2.24) is 50.6 Å². The van der Waals surface area contributed by atoms with Crippen LogP contribution in [-0.4, -0.2) is 138 Å². The third kappa shape index (κ3) is 9.00. The first-order chi connectivity index (χ1) is 29.2. The zero-order chi connectivity index (χ0) is 43.5. The number of nitrogens with one attached hydrogen (secondary N) is 4. The number of H-pyrrole nitrogens is 1. The molecule has 2 aromatic carbocycles. The van der Waals surface area contributed by atoms with Crippen LogP contribution in [-0.2, 0) is 35.3 Å². The molecule has 1 unspecified atom stereocenters. The van der Waals surface area contributed by atoms with Crippen LogP contribution < -0.4 is 21.5 Å². The molecule has 5 amide bonds. The van der Waals surface area contributed by atoms with Crippen molar-refractivity contribution in [3.8, 4) is 11.4 Å². The van der Waals surface area contributed by atoms with Gasteiger partial charge in [0.1, 0.15) is 47.1 Å². The quantitative estimate of drug-likeness (QED) is 0.0616. The number of carbonyl (C=O) groups excluding carboxylic acids is 5. The lowest BCUT2D eigenvalue weighted by Gasteiger charge is -2.49. The van der Waals surface area contributed by atoms with Gasteiger partial charge in [0.25, 0.3) is 17.4 Å². The second-order valence-corrected chi connectivity index (χ2v) is 15.9. The lowest BCUT2D eigenvalue weighted by atomic mass is 10.0. The van der Waals surface area contributed by atoms with E-state index in [2.05, 4.69) is 41.4 Å². The molecule has 61 heavy (non-hydrogen) atoms. The van der Waals surface area contributed by atoms with Crippen LogP contribution >= 0.6 is 23.5 Å². The first kappa shape index (κ1) is 42.2. The number of aliphatic hydroxyl groups is 1. The zero-order valence-electron chi connectivity index (χ0n) is 31.8. The van der Waals surface area contributed by atoms with Crippen LogP contribution in [0.25, 0.3) is 11.4 Å². The van der Waals surface area contributed by atoms with E-state index >= 15 is 0 Å². The first-order valence-electron chi connectivity index (χ1n) is 18.3. The van der Waals surface area contributed by atoms with E-state index < -0.39 is 82.8 Å². The summed E-state index contributed by atoms with van der Waals surface area (Å²) < 4.78 is 1.04. The number of benzene rings is 2. The summed E-state index contributed by atoms with van der Waals surface area (Å²) in [7, 11) is 0. The molecule has 0 aliphatic carbocycles. The fourth-order valence-corrected chi connectivity index (χ4v) is 9.28. The van der Waals surface area contributed by atoms with Crippen LogP contribution in [0, 0.1) is 0 Å². The number of aliphatic carboxylic acids is 2. The number of aliphatic hydroxyl groups excluding tert-OH is 1. The first-order valence-corrected chi connectivity index (χ1v) is 20.4. The molecule has 2 aromatic heterocycles. The van der Waals surface area contributed by atoms with E-state index in [0.29, 0.717) is 22.4 Å². The standard InChI is InChI=1S/C37H35N11O11S2/c1-17(49)46-13-22(50)11-24(46)32(55)39-21-9-7-19(8-10-21)29-38-12-23(31(54)42-29)30(53)40-26(18-5-3-2-4-6-18)33(56)41-27-34(57)48-28(36(58)59)20(15-60-35(27)48)16-61-37-43-44-45-47(37)14-25(51)52/h2-10,12,22,24,26-27,35,50H,11,13-16H2,1H3,(H,39,55)(H,40,53)(H,41,56)(H,51,52)(H,58,59)(H,38,42,54)/t22-,24+,26?,27-,35-/m1/s1. The molecule has 3 aliphatic rings. The second-order valence-electron chi connectivity index (χ2n) is 13.9. The van der Waals surface area contributed by atoms with Crippen molar-refractivity contribution in [3.63, 3.8) is 0 Å². The maximum atomic E-state index is 13.9. The highest BCUT2D eigenvalue weighted by Gasteiger charge is 2.54. The number of aromatic nitrogens is 6. The van der Waals surface area contributed by atoms with Gasteiger partial charge in [-0.2, -0.15) is 0 Å². The third-order valence-corrected chi connectivity index (χ3v) is 12.2. The van der Waals surface area contributed by atoms with Crippen molar-refractivity contribution in [2.75, 3.05) is 23.4 Å². The minimum Gasteiger partial charge on any atom is -0.480 e. The van der Waals surface area contributed by atoms with E-state index in [9.17, 15) is 48.6 Å². The molecular formula is C37H35N11O11S2. The predicted octanol–water partition coefficient (Wildman–Crippen LogP) is -0.570. The van der Waals surface area contributed by atoms with Crippen molar-refractivity contribution in [1.29, 1.82) is 0 Å². The highest BCUT2D eigenvalue weighted by atomic mass is 32.2. The van der Waals surface area contributed by atoms with Crippen LogP contribution in [0.1, 0.15) is 35.3 Å². The van der Waals surface area contributed by atoms with Gasteiger partial charge in [-0.25, -0.2) is 14.5 Å². The van der Waals surface area contributed by atoms with Crippen LogP contribution in [0.15, 0.2) is 82.0 Å². The molecular weight excluding hydrogens is 839 g/mol. The number of nitrogens with zero attached hydrogens (tertiary/aromatic N) is 7. The van der Waals surface area contributed by atoms with Crippen molar-refractivity contribution >= 4 is 70.7 Å². The number of β-amino-alcohol motifs (C(OH)–C–C–N with tert-alkyl or cyclic N) is 1. The van der Waals surface area contributed by atoms with Crippen molar-refractivity contribution in [3.05, 3.63) is 93.5 Å². The number of β-lactam (4-membered cyclic amide) rings is 1. The topological polar surface area (TPSA) is 312 Å². The fourth-order valence-electron chi connectivity index (χ4n) is 6.92. The van der Waals surface area contributed by atoms with E-state index in [0.717, 1.165) is 27.5 Å². The maximum Gasteiger partial charge on any atom is 0.352 e. The average Bonchev–Trinajstić information content (AvgIpc) is 3.86. The Bertz CT molecular complexity index is 2510. The zero-order valence-corrected chi connectivity index (χ0v) is 33.4. The molecule has 5 heterocycles. The second kappa shape index (κ2) is 17.7. The molecule has 0 spiro atoms. The molecule has 2 fully saturated rings. The van der Waals surface area contributed by atoms with Gasteiger partial charge < -0.3 is 41.2 Å². The molecule has 316 valence electrons. The van der Waals surface area contributed by atoms with Gasteiger partial charge in [-0.15, -0.1) is 16.9 Å². The molecule has 7 rings (SSSR count). The average molecular weight is 874 g/mol. The SMILES string of the molecule is CC(=O)N1C[C@H](O)C[C@H]1C(=O)Nc1ccc(-c2ncc(C(=O)NC(C(=O)N[C@@H]3C(=O)N4C(C(=O)O)=C(CSc5nnnn5CC(=O)O)CS[C@H]34)c3ccccc3)c(=O)[nH]2)cc1. The van der Waals surface area contributed by atoms with Gasteiger partial charge >= 0.3 is 11.9 Å². The van der Waals surface area contributed by atoms with Gasteiger partial charge in [0, 0.05) is 48.8 Å². The van der Waals surface area contributed by atoms with E-state index in [1.807, 2.05) is 0 Å². The summed E-state index contributed by atoms with van der Waals surface area (Å²) in [6.07, 6.45) is 0.327. The number of thioether (sulfide) groups is 2. The Morgan fingerprint density at radius 1 is 1.03 bits per heavy atom. The Labute approximate surface area is 352 Å². The summed E-state index contributed by atoms with van der Waals surface area (Å²) in [5, 5.41) is 47.3. The van der Waals surface area contributed by atoms with E-state index in [1.165, 1.54) is 23.6 Å². The molecule has 2 saturated heterocycles. The highest BCUT2D eigenvalue weighted by molar-refractivity contribution is 8.01. The third-order valence-electron chi connectivity index (χ3n) is 9.83. The minimum atomic E-state index is -1.40. The summed E-state index contributed by atoms with van der Waals surface area (Å²) in [6, 6.07) is 10.9. The highest BCUT2D eigenvalue weighted by Crippen LogP contribution is 2.41. The summed E-state index contributed by atoms with van der Waals surface area (Å²) in [5.74, 6) is -5.58. The number of carboxylic acids is 2. The van der Waals surface area contributed by atoms with Gasteiger partial charge in [-0.3, -0.25) is 38.5 Å². The Morgan fingerprint density at radius 3 is 2.44 bits per heavy atom. The normalized spacial score (nSPS) is 20.0. The van der Waals surface area contributed by atoms with Crippen LogP contribution in [0.4, 0.5) is 5.69 Å². The van der Waals surface area contributed by atoms with Crippen LogP contribution in [0.3, 0.4) is 0 Å². The van der Waals surface area contributed by atoms with Gasteiger partial charge in [0.2, 0.25) is 22.9 Å². The molecule has 0 bridgehead atoms. The Kier molecular flexibility index (Phi) is 12.3. The summed E-state index contributed by atoms with van der Waals surface area (Å²) in [5.41, 5.74) is -0.0634. The number of likely N-dealkylation sites (tertiary alicyclic amines) is 1. The van der Waals surface area contributed by atoms with Gasteiger partial charge in [0.15, 0.2) is 0 Å². The number of amides is 5. The molecule has 24 heteroatoms. The van der Waals surface area contributed by atoms with Crippen molar-refractivity contribution in [2.45, 2.75) is 54.6 Å². The molecule has 0 saturated carbocycles. The smallest absolute Gasteiger partial charge is 0.352 e. The van der Waals surface area contributed by atoms with Crippen LogP contribution in [0.5, 0.6) is 0 Å². The molecule has 22 nitrogen and oxygen atoms in total. The maximum absolute atomic E-state index is 13.9.